The number of nitrogens with one attached hydrogen (secondary N) is 1. The molecule has 3 nitrogen and oxygen atoms in total. The van der Waals surface area contributed by atoms with Gasteiger partial charge in [0, 0.05) is 10.1 Å². The van der Waals surface area contributed by atoms with Crippen LogP contribution >= 0.6 is 22.9 Å². The molecule has 0 unspecified atom stereocenters. The number of para-hydroxylation sites is 1. The molecule has 0 bridgehead atoms. The Balaban J connectivity index is 1.98. The van der Waals surface area contributed by atoms with Crippen LogP contribution in [0.15, 0.2) is 48.5 Å². The standard InChI is InChI=1S/C16H9ClN2OS/c17-14-11-6-2-4-8-13(11)21-15(14)16(20)19-12-7-3-1-5-10(12)9-18/h1-8H,(H,19,20). The van der Waals surface area contributed by atoms with Gasteiger partial charge in [-0.2, -0.15) is 5.26 Å². The van der Waals surface area contributed by atoms with Gasteiger partial charge in [0.2, 0.25) is 0 Å². The highest BCUT2D eigenvalue weighted by atomic mass is 35.5. The van der Waals surface area contributed by atoms with E-state index in [2.05, 4.69) is 5.32 Å². The fourth-order valence-electron chi connectivity index (χ4n) is 2.03. The van der Waals surface area contributed by atoms with E-state index in [1.54, 1.807) is 24.3 Å². The van der Waals surface area contributed by atoms with E-state index < -0.39 is 0 Å². The van der Waals surface area contributed by atoms with Crippen molar-refractivity contribution in [3.05, 3.63) is 64.0 Å². The van der Waals surface area contributed by atoms with Crippen molar-refractivity contribution in [2.24, 2.45) is 0 Å². The van der Waals surface area contributed by atoms with Gasteiger partial charge in [0.25, 0.3) is 5.91 Å². The number of benzene rings is 2. The smallest absolute Gasteiger partial charge is 0.267 e. The Hall–Kier alpha value is -2.35. The SMILES string of the molecule is N#Cc1ccccc1NC(=O)c1sc2ccccc2c1Cl. The molecular formula is C16H9ClN2OS. The number of thiophene rings is 1. The van der Waals surface area contributed by atoms with Gasteiger partial charge in [-0.15, -0.1) is 11.3 Å². The molecule has 0 radical (unpaired) electrons. The molecule has 5 heteroatoms. The predicted octanol–water partition coefficient (Wildman–Crippen LogP) is 4.68. The summed E-state index contributed by atoms with van der Waals surface area (Å²) in [6.07, 6.45) is 0. The number of rotatable bonds is 2. The number of nitrogens with zero attached hydrogens (tertiary/aromatic N) is 1. The number of nitriles is 1. The minimum Gasteiger partial charge on any atom is -0.320 e. The van der Waals surface area contributed by atoms with Crippen molar-refractivity contribution in [1.29, 1.82) is 5.26 Å². The van der Waals surface area contributed by atoms with E-state index in [4.69, 9.17) is 16.9 Å². The van der Waals surface area contributed by atoms with E-state index in [1.165, 1.54) is 11.3 Å². The second-order valence-electron chi connectivity index (χ2n) is 4.35. The van der Waals surface area contributed by atoms with Crippen molar-refractivity contribution >= 4 is 44.6 Å². The van der Waals surface area contributed by atoms with Crippen LogP contribution in [0, 0.1) is 11.3 Å². The molecule has 102 valence electrons. The number of carbonyl (C=O) groups is 1. The molecule has 3 aromatic rings. The molecular weight excluding hydrogens is 304 g/mol. The van der Waals surface area contributed by atoms with Crippen LogP contribution in [0.5, 0.6) is 0 Å². The number of fused-ring (bicyclic) bond motifs is 1. The Labute approximate surface area is 130 Å². The second-order valence-corrected chi connectivity index (χ2v) is 5.78. The van der Waals surface area contributed by atoms with Gasteiger partial charge in [0.1, 0.15) is 10.9 Å². The molecule has 2 aromatic carbocycles. The summed E-state index contributed by atoms with van der Waals surface area (Å²) in [5.74, 6) is -0.302. The van der Waals surface area contributed by atoms with E-state index in [0.717, 1.165) is 10.1 Å². The minimum atomic E-state index is -0.302. The molecule has 1 aromatic heterocycles. The zero-order valence-corrected chi connectivity index (χ0v) is 12.3. The van der Waals surface area contributed by atoms with Crippen molar-refractivity contribution in [3.63, 3.8) is 0 Å². The third-order valence-electron chi connectivity index (χ3n) is 3.04. The molecule has 21 heavy (non-hydrogen) atoms. The Bertz CT molecular complexity index is 879. The summed E-state index contributed by atoms with van der Waals surface area (Å²) in [6.45, 7) is 0. The minimum absolute atomic E-state index is 0.302. The van der Waals surface area contributed by atoms with Gasteiger partial charge in [-0.3, -0.25) is 4.79 Å². The third-order valence-corrected chi connectivity index (χ3v) is 4.71. The Morgan fingerprint density at radius 2 is 1.86 bits per heavy atom. The lowest BCUT2D eigenvalue weighted by Crippen LogP contribution is -2.11. The fourth-order valence-corrected chi connectivity index (χ4v) is 3.44. The average molecular weight is 313 g/mol. The highest BCUT2D eigenvalue weighted by molar-refractivity contribution is 7.21. The highest BCUT2D eigenvalue weighted by Crippen LogP contribution is 2.35. The van der Waals surface area contributed by atoms with Gasteiger partial charge in [0.15, 0.2) is 0 Å². The van der Waals surface area contributed by atoms with Gasteiger partial charge >= 0.3 is 0 Å². The van der Waals surface area contributed by atoms with E-state index in [0.29, 0.717) is 21.2 Å². The molecule has 0 aliphatic rings. The van der Waals surface area contributed by atoms with Gasteiger partial charge in [0.05, 0.1) is 16.3 Å². The highest BCUT2D eigenvalue weighted by Gasteiger charge is 2.17. The summed E-state index contributed by atoms with van der Waals surface area (Å²) in [5.41, 5.74) is 0.904. The normalized spacial score (nSPS) is 10.3. The molecule has 1 N–H and O–H groups in total. The zero-order valence-electron chi connectivity index (χ0n) is 10.8. The summed E-state index contributed by atoms with van der Waals surface area (Å²) >= 11 is 7.61. The lowest BCUT2D eigenvalue weighted by molar-refractivity contribution is 0.103. The van der Waals surface area contributed by atoms with E-state index in [1.807, 2.05) is 30.3 Å². The largest absolute Gasteiger partial charge is 0.320 e. The monoisotopic (exact) mass is 312 g/mol. The molecule has 0 saturated heterocycles. The number of hydrogen-bond acceptors (Lipinski definition) is 3. The Morgan fingerprint density at radius 3 is 2.62 bits per heavy atom. The third kappa shape index (κ3) is 2.49. The van der Waals surface area contributed by atoms with Crippen molar-refractivity contribution in [3.8, 4) is 6.07 Å². The topological polar surface area (TPSA) is 52.9 Å². The number of halogens is 1. The van der Waals surface area contributed by atoms with E-state index in [9.17, 15) is 4.79 Å². The molecule has 0 atom stereocenters. The van der Waals surface area contributed by atoms with Crippen molar-refractivity contribution in [1.82, 2.24) is 0 Å². The molecule has 0 spiro atoms. The van der Waals surface area contributed by atoms with Gasteiger partial charge in [-0.05, 0) is 18.2 Å². The van der Waals surface area contributed by atoms with Crippen LogP contribution in [0.3, 0.4) is 0 Å². The number of anilines is 1. The maximum absolute atomic E-state index is 12.4. The number of carbonyl (C=O) groups excluding carboxylic acids is 1. The first-order valence-corrected chi connectivity index (χ1v) is 7.37. The van der Waals surface area contributed by atoms with Crippen LogP contribution in [0.25, 0.3) is 10.1 Å². The maximum atomic E-state index is 12.4. The van der Waals surface area contributed by atoms with E-state index >= 15 is 0 Å². The predicted molar refractivity (Wildman–Crippen MR) is 85.9 cm³/mol. The van der Waals surface area contributed by atoms with Crippen LogP contribution in [-0.4, -0.2) is 5.91 Å². The van der Waals surface area contributed by atoms with Crippen LogP contribution in [0.4, 0.5) is 5.69 Å². The van der Waals surface area contributed by atoms with Crippen LogP contribution < -0.4 is 5.32 Å². The van der Waals surface area contributed by atoms with Crippen molar-refractivity contribution < 1.29 is 4.79 Å². The molecule has 0 aliphatic carbocycles. The summed E-state index contributed by atoms with van der Waals surface area (Å²) in [7, 11) is 0. The first kappa shape index (κ1) is 13.6. The maximum Gasteiger partial charge on any atom is 0.267 e. The Kier molecular flexibility index (Phi) is 3.61. The fraction of sp³-hybridized carbons (Fsp3) is 0. The van der Waals surface area contributed by atoms with Crippen LogP contribution in [-0.2, 0) is 0 Å². The molecule has 0 aliphatic heterocycles. The Morgan fingerprint density at radius 1 is 1.14 bits per heavy atom. The second kappa shape index (κ2) is 5.57. The zero-order chi connectivity index (χ0) is 14.8. The first-order chi connectivity index (χ1) is 10.2. The van der Waals surface area contributed by atoms with E-state index in [-0.39, 0.29) is 5.91 Å². The molecule has 0 saturated carbocycles. The van der Waals surface area contributed by atoms with Gasteiger partial charge in [-0.25, -0.2) is 0 Å². The lowest BCUT2D eigenvalue weighted by Gasteiger charge is -2.05. The first-order valence-electron chi connectivity index (χ1n) is 6.18. The summed E-state index contributed by atoms with van der Waals surface area (Å²) in [5, 5.41) is 13.1. The van der Waals surface area contributed by atoms with Gasteiger partial charge in [-0.1, -0.05) is 41.9 Å². The quantitative estimate of drug-likeness (QED) is 0.747. The summed E-state index contributed by atoms with van der Waals surface area (Å²) in [4.78, 5) is 12.8. The lowest BCUT2D eigenvalue weighted by atomic mass is 10.2. The number of amides is 1. The molecule has 3 rings (SSSR count). The molecule has 1 amide bonds. The summed E-state index contributed by atoms with van der Waals surface area (Å²) in [6, 6.07) is 16.5. The van der Waals surface area contributed by atoms with Gasteiger partial charge < -0.3 is 5.32 Å². The molecule has 1 heterocycles. The van der Waals surface area contributed by atoms with Crippen LogP contribution in [0.2, 0.25) is 5.02 Å². The average Bonchev–Trinajstić information content (AvgIpc) is 2.85. The van der Waals surface area contributed by atoms with Crippen LogP contribution in [0.1, 0.15) is 15.2 Å². The number of hydrogen-bond donors (Lipinski definition) is 1. The molecule has 0 fully saturated rings. The van der Waals surface area contributed by atoms with Crippen molar-refractivity contribution in [2.45, 2.75) is 0 Å². The summed E-state index contributed by atoms with van der Waals surface area (Å²) < 4.78 is 0.959. The van der Waals surface area contributed by atoms with Crippen molar-refractivity contribution in [2.75, 3.05) is 5.32 Å².